The van der Waals surface area contributed by atoms with E-state index in [9.17, 15) is 0 Å². The van der Waals surface area contributed by atoms with Gasteiger partial charge < -0.3 is 14.4 Å². The van der Waals surface area contributed by atoms with E-state index in [0.29, 0.717) is 11.8 Å². The van der Waals surface area contributed by atoms with E-state index in [1.807, 2.05) is 0 Å². The van der Waals surface area contributed by atoms with Crippen molar-refractivity contribution in [3.05, 3.63) is 306 Å². The smallest absolute Gasteiger partial charge is 0.252 e. The molecular formula is C88H76BN3. The summed E-state index contributed by atoms with van der Waals surface area (Å²) in [5.74, 6) is 1.13. The average Bonchev–Trinajstić information content (AvgIpc) is 0.772. The van der Waals surface area contributed by atoms with Crippen molar-refractivity contribution in [3.63, 3.8) is 0 Å². The summed E-state index contributed by atoms with van der Waals surface area (Å²) in [6.07, 6.45) is 16.5. The van der Waals surface area contributed by atoms with Crippen molar-refractivity contribution in [2.75, 3.05) is 9.80 Å². The van der Waals surface area contributed by atoms with Crippen LogP contribution in [0.5, 0.6) is 0 Å². The van der Waals surface area contributed by atoms with Gasteiger partial charge in [0.25, 0.3) is 6.71 Å². The van der Waals surface area contributed by atoms with Crippen LogP contribution >= 0.6 is 0 Å². The Balaban J connectivity index is 0.962. The topological polar surface area (TPSA) is 11.4 Å². The summed E-state index contributed by atoms with van der Waals surface area (Å²) in [7, 11) is 0. The van der Waals surface area contributed by atoms with Crippen LogP contribution in [0.1, 0.15) is 79.9 Å². The Labute approximate surface area is 543 Å². The zero-order valence-corrected chi connectivity index (χ0v) is 54.3. The molecule has 2 aliphatic heterocycles. The maximum absolute atomic E-state index is 2.63. The standard InChI is InChI=1S/C88H76BN3/c1-86(2,3)65-37-30-59(31-38-65)63-51-81-85-82(52-63)91(69-41-34-58(35-42-69)56-22-14-11-15-23-56)80-54-70(92-77-26-18-16-24-71(77)72-25-17-19-27-78(72)92)43-44-75(80)89(85)76-50-60(36-45-79(76)90(81)68-39-32-57(33-40-68)55-20-12-10-13-21-55)73-49-64-48-66(87(4,5)6)46-61-28-29-62-47-67(88(7,8)9)53-74(73)84(62)83(61)64/h10-45,47-54,61,83-84H,46H2,1-9H3. The molecule has 4 aliphatic carbocycles. The van der Waals surface area contributed by atoms with Gasteiger partial charge in [0.15, 0.2) is 0 Å². The first-order chi connectivity index (χ1) is 44.5. The Bertz CT molecular complexity index is 4990. The molecule has 0 amide bonds. The lowest BCUT2D eigenvalue weighted by Crippen LogP contribution is -2.61. The third kappa shape index (κ3) is 9.07. The lowest BCUT2D eigenvalue weighted by molar-refractivity contribution is 0.328. The first-order valence-corrected chi connectivity index (χ1v) is 33.3. The Morgan fingerprint density at radius 3 is 1.51 bits per heavy atom. The lowest BCUT2D eigenvalue weighted by atomic mass is 9.33. The number of nitrogens with zero attached hydrogens (tertiary/aromatic N) is 3. The number of allylic oxidation sites excluding steroid dienone is 12. The third-order valence-corrected chi connectivity index (χ3v) is 21.1. The van der Waals surface area contributed by atoms with E-state index in [1.54, 1.807) is 0 Å². The molecule has 3 atom stereocenters. The van der Waals surface area contributed by atoms with Gasteiger partial charge in [-0.05, 0) is 184 Å². The number of hydrogen-bond acceptors (Lipinski definition) is 2. The summed E-state index contributed by atoms with van der Waals surface area (Å²) in [5.41, 5.74) is 32.8. The number of anilines is 6. The second-order valence-electron chi connectivity index (χ2n) is 29.7. The van der Waals surface area contributed by atoms with E-state index in [4.69, 9.17) is 0 Å². The molecule has 10 aromatic carbocycles. The van der Waals surface area contributed by atoms with Gasteiger partial charge in [0.2, 0.25) is 0 Å². The van der Waals surface area contributed by atoms with Crippen molar-refractivity contribution < 1.29 is 0 Å². The molecule has 0 N–H and O–H groups in total. The van der Waals surface area contributed by atoms with Crippen LogP contribution < -0.4 is 26.2 Å². The van der Waals surface area contributed by atoms with Crippen molar-refractivity contribution in [1.82, 2.24) is 4.57 Å². The van der Waals surface area contributed by atoms with Gasteiger partial charge in [-0.2, -0.15) is 0 Å². The Morgan fingerprint density at radius 2 is 0.924 bits per heavy atom. The number of hydrogen-bond donors (Lipinski definition) is 0. The second kappa shape index (κ2) is 20.8. The van der Waals surface area contributed by atoms with Crippen LogP contribution in [0.2, 0.25) is 0 Å². The summed E-state index contributed by atoms with van der Waals surface area (Å²) < 4.78 is 2.49. The highest BCUT2D eigenvalue weighted by Gasteiger charge is 2.47. The predicted octanol–water partition coefficient (Wildman–Crippen LogP) is 21.6. The normalized spacial score (nSPS) is 18.0. The summed E-state index contributed by atoms with van der Waals surface area (Å²) in [5, 5.41) is 2.50. The van der Waals surface area contributed by atoms with Crippen LogP contribution in [0.15, 0.2) is 295 Å². The summed E-state index contributed by atoms with van der Waals surface area (Å²) >= 11 is 0. The highest BCUT2D eigenvalue weighted by molar-refractivity contribution is 7.00. The molecule has 4 heteroatoms. The minimum absolute atomic E-state index is 0.00539. The van der Waals surface area contributed by atoms with Crippen LogP contribution in [-0.2, 0) is 5.41 Å². The molecule has 446 valence electrons. The monoisotopic (exact) mass is 1190 g/mol. The van der Waals surface area contributed by atoms with E-state index in [0.717, 1.165) is 23.5 Å². The van der Waals surface area contributed by atoms with Gasteiger partial charge in [0.1, 0.15) is 0 Å². The molecule has 0 radical (unpaired) electrons. The van der Waals surface area contributed by atoms with Crippen molar-refractivity contribution in [2.24, 2.45) is 28.6 Å². The maximum atomic E-state index is 2.63. The minimum Gasteiger partial charge on any atom is -0.311 e. The number of benzene rings is 10. The summed E-state index contributed by atoms with van der Waals surface area (Å²) in [6.45, 7) is 21.1. The number of aromatic nitrogens is 1. The van der Waals surface area contributed by atoms with Crippen LogP contribution in [0.3, 0.4) is 0 Å². The molecule has 6 aliphatic rings. The van der Waals surface area contributed by atoms with Crippen molar-refractivity contribution in [1.29, 1.82) is 0 Å². The molecule has 11 aromatic rings. The van der Waals surface area contributed by atoms with E-state index in [2.05, 4.69) is 344 Å². The van der Waals surface area contributed by atoms with Crippen LogP contribution in [0, 0.1) is 28.6 Å². The van der Waals surface area contributed by atoms with E-state index in [-0.39, 0.29) is 28.9 Å². The van der Waals surface area contributed by atoms with Gasteiger partial charge in [-0.1, -0.05) is 268 Å². The number of para-hydroxylation sites is 2. The lowest BCUT2D eigenvalue weighted by Gasteiger charge is -2.48. The highest BCUT2D eigenvalue weighted by atomic mass is 15.2. The van der Waals surface area contributed by atoms with Gasteiger partial charge in [0, 0.05) is 62.4 Å². The fourth-order valence-electron chi connectivity index (χ4n) is 16.2. The number of fused-ring (bicyclic) bond motifs is 7. The van der Waals surface area contributed by atoms with Gasteiger partial charge in [-0.15, -0.1) is 0 Å². The zero-order valence-electron chi connectivity index (χ0n) is 54.3. The summed E-state index contributed by atoms with van der Waals surface area (Å²) in [6, 6.07) is 87.5. The third-order valence-electron chi connectivity index (χ3n) is 21.1. The molecular weight excluding hydrogens is 1110 g/mol. The molecule has 17 rings (SSSR count). The molecule has 0 saturated carbocycles. The second-order valence-corrected chi connectivity index (χ2v) is 29.7. The minimum atomic E-state index is -0.143. The molecule has 0 bridgehead atoms. The first kappa shape index (κ1) is 56.1. The molecule has 92 heavy (non-hydrogen) atoms. The van der Waals surface area contributed by atoms with Crippen LogP contribution in [0.4, 0.5) is 34.1 Å². The molecule has 0 spiro atoms. The maximum Gasteiger partial charge on any atom is 0.252 e. The van der Waals surface area contributed by atoms with E-state index >= 15 is 0 Å². The molecule has 0 saturated heterocycles. The Kier molecular flexibility index (Phi) is 12.7. The Morgan fingerprint density at radius 1 is 0.391 bits per heavy atom. The quantitative estimate of drug-likeness (QED) is 0.147. The largest absolute Gasteiger partial charge is 0.311 e. The van der Waals surface area contributed by atoms with E-state index in [1.165, 1.54) is 139 Å². The molecule has 1 aromatic heterocycles. The molecule has 3 unspecified atom stereocenters. The van der Waals surface area contributed by atoms with E-state index < -0.39 is 0 Å². The van der Waals surface area contributed by atoms with Gasteiger partial charge in [-0.25, -0.2) is 0 Å². The average molecular weight is 1190 g/mol. The fraction of sp³-hybridized carbons (Fsp3) is 0.182. The van der Waals surface area contributed by atoms with Crippen molar-refractivity contribution in [2.45, 2.75) is 74.1 Å². The zero-order chi connectivity index (χ0) is 62.5. The number of rotatable bonds is 7. The molecule has 3 nitrogen and oxygen atoms in total. The molecule has 0 fully saturated rings. The fourth-order valence-corrected chi connectivity index (χ4v) is 16.2. The van der Waals surface area contributed by atoms with Gasteiger partial charge in [0.05, 0.1) is 11.0 Å². The Hall–Kier alpha value is -9.90. The summed E-state index contributed by atoms with van der Waals surface area (Å²) in [4.78, 5) is 5.21. The first-order valence-electron chi connectivity index (χ1n) is 33.3. The molecule has 3 heterocycles. The van der Waals surface area contributed by atoms with Gasteiger partial charge >= 0.3 is 0 Å². The van der Waals surface area contributed by atoms with Gasteiger partial charge in [-0.3, -0.25) is 0 Å². The van der Waals surface area contributed by atoms with Crippen molar-refractivity contribution >= 4 is 84.6 Å². The van der Waals surface area contributed by atoms with Crippen molar-refractivity contribution in [3.8, 4) is 39.1 Å². The van der Waals surface area contributed by atoms with Crippen LogP contribution in [-0.4, -0.2) is 11.3 Å². The van der Waals surface area contributed by atoms with Crippen LogP contribution in [0.25, 0.3) is 66.4 Å². The predicted molar refractivity (Wildman–Crippen MR) is 392 cm³/mol. The highest BCUT2D eigenvalue weighted by Crippen LogP contribution is 2.58. The SMILES string of the molecule is CC(C)(C)C1=CC2=C(c3ccc4c(c3)B3c5ccc(-n6c7ccccc7c7ccccc76)cc5N(c5ccc(-c6ccccc6)cc5)c5cc(-c6ccc(C(C)(C)C)cc6)cc(c53)N4c3ccc(-c4ccccc4)cc3)C=C3C=C(C(C)(C)C)CC4C=CC(=C1)C2C34.